The highest BCUT2D eigenvalue weighted by molar-refractivity contribution is 7.08. The second-order valence-corrected chi connectivity index (χ2v) is 7.43. The molecule has 0 radical (unpaired) electrons. The molecule has 26 heavy (non-hydrogen) atoms. The molecule has 3 rings (SSSR count). The van der Waals surface area contributed by atoms with Gasteiger partial charge in [-0.25, -0.2) is 0 Å². The van der Waals surface area contributed by atoms with Gasteiger partial charge in [-0.1, -0.05) is 43.7 Å². The Morgan fingerprint density at radius 2 is 1.92 bits per heavy atom. The standard InChI is InChI=1S/C22H26N2OS/c1-3-4-10-19-21(18-12-14-26-15-18)20(22(23)25)16(2)24(19)13-11-17-8-6-5-7-9-17/h5-9,12,14-15H,3-4,10-11,13H2,1-2H3,(H2,23,25). The fourth-order valence-corrected chi connectivity index (χ4v) is 4.26. The molecule has 0 saturated carbocycles. The van der Waals surface area contributed by atoms with Crippen molar-refractivity contribution in [3.8, 4) is 11.1 Å². The van der Waals surface area contributed by atoms with Crippen LogP contribution >= 0.6 is 11.3 Å². The molecule has 0 aliphatic heterocycles. The van der Waals surface area contributed by atoms with Crippen LogP contribution < -0.4 is 5.73 Å². The van der Waals surface area contributed by atoms with Crippen LogP contribution in [0.4, 0.5) is 0 Å². The molecule has 0 saturated heterocycles. The lowest BCUT2D eigenvalue weighted by atomic mass is 10.00. The molecule has 0 unspecified atom stereocenters. The Bertz CT molecular complexity index is 863. The third-order valence-corrected chi connectivity index (χ3v) is 5.60. The molecule has 136 valence electrons. The maximum Gasteiger partial charge on any atom is 0.251 e. The Morgan fingerprint density at radius 1 is 1.15 bits per heavy atom. The first kappa shape index (κ1) is 18.5. The Balaban J connectivity index is 2.06. The number of carbonyl (C=O) groups is 1. The predicted octanol–water partition coefficient (Wildman–Crippen LogP) is 5.21. The van der Waals surface area contributed by atoms with Crippen LogP contribution in [-0.2, 0) is 19.4 Å². The van der Waals surface area contributed by atoms with Crippen molar-refractivity contribution in [3.05, 3.63) is 69.7 Å². The minimum atomic E-state index is -0.333. The fraction of sp³-hybridized carbons (Fsp3) is 0.318. The molecule has 0 atom stereocenters. The van der Waals surface area contributed by atoms with Crippen molar-refractivity contribution >= 4 is 17.2 Å². The zero-order chi connectivity index (χ0) is 18.5. The SMILES string of the molecule is CCCCc1c(-c2ccsc2)c(C(N)=O)c(C)n1CCc1ccccc1. The topological polar surface area (TPSA) is 48.0 Å². The van der Waals surface area contributed by atoms with Gasteiger partial charge in [-0.15, -0.1) is 0 Å². The van der Waals surface area contributed by atoms with Crippen LogP contribution in [0.25, 0.3) is 11.1 Å². The molecule has 0 fully saturated rings. The van der Waals surface area contributed by atoms with E-state index in [9.17, 15) is 4.79 Å². The van der Waals surface area contributed by atoms with E-state index in [0.717, 1.165) is 49.0 Å². The molecule has 3 aromatic rings. The first-order valence-electron chi connectivity index (χ1n) is 9.21. The van der Waals surface area contributed by atoms with Crippen LogP contribution in [0.5, 0.6) is 0 Å². The monoisotopic (exact) mass is 366 g/mol. The van der Waals surface area contributed by atoms with Gasteiger partial charge in [0.05, 0.1) is 5.56 Å². The number of thiophene rings is 1. The number of nitrogens with zero attached hydrogens (tertiary/aromatic N) is 1. The lowest BCUT2D eigenvalue weighted by Gasteiger charge is -2.13. The summed E-state index contributed by atoms with van der Waals surface area (Å²) in [6.45, 7) is 5.08. The number of amides is 1. The minimum absolute atomic E-state index is 0.333. The predicted molar refractivity (Wildman–Crippen MR) is 110 cm³/mol. The molecule has 4 heteroatoms. The van der Waals surface area contributed by atoms with Crippen molar-refractivity contribution in [2.24, 2.45) is 5.73 Å². The maximum absolute atomic E-state index is 12.3. The number of benzene rings is 1. The molecule has 0 aliphatic rings. The van der Waals surface area contributed by atoms with Gasteiger partial charge in [-0.2, -0.15) is 11.3 Å². The molecule has 2 heterocycles. The van der Waals surface area contributed by atoms with Crippen molar-refractivity contribution in [1.29, 1.82) is 0 Å². The van der Waals surface area contributed by atoms with Crippen LogP contribution in [0.3, 0.4) is 0 Å². The second kappa shape index (κ2) is 8.37. The van der Waals surface area contributed by atoms with E-state index in [-0.39, 0.29) is 5.91 Å². The molecule has 0 aliphatic carbocycles. The Hall–Kier alpha value is -2.33. The number of hydrogen-bond acceptors (Lipinski definition) is 2. The highest BCUT2D eigenvalue weighted by atomic mass is 32.1. The van der Waals surface area contributed by atoms with Gasteiger partial charge < -0.3 is 10.3 Å². The molecular weight excluding hydrogens is 340 g/mol. The zero-order valence-electron chi connectivity index (χ0n) is 15.5. The number of carbonyl (C=O) groups excluding carboxylic acids is 1. The van der Waals surface area contributed by atoms with E-state index in [2.05, 4.69) is 52.6 Å². The number of aromatic nitrogens is 1. The van der Waals surface area contributed by atoms with Gasteiger partial charge in [0.1, 0.15) is 0 Å². The summed E-state index contributed by atoms with van der Waals surface area (Å²) in [5.74, 6) is -0.333. The number of unbranched alkanes of at least 4 members (excludes halogenated alkanes) is 1. The summed E-state index contributed by atoms with van der Waals surface area (Å²) in [4.78, 5) is 12.3. The van der Waals surface area contributed by atoms with Gasteiger partial charge in [0.15, 0.2) is 0 Å². The van der Waals surface area contributed by atoms with Crippen molar-refractivity contribution in [2.45, 2.75) is 46.1 Å². The Morgan fingerprint density at radius 3 is 2.54 bits per heavy atom. The summed E-state index contributed by atoms with van der Waals surface area (Å²) in [6.07, 6.45) is 4.13. The molecule has 0 spiro atoms. The third-order valence-electron chi connectivity index (χ3n) is 4.92. The van der Waals surface area contributed by atoms with E-state index in [1.165, 1.54) is 11.3 Å². The van der Waals surface area contributed by atoms with E-state index in [1.54, 1.807) is 11.3 Å². The third kappa shape index (κ3) is 3.75. The van der Waals surface area contributed by atoms with E-state index in [4.69, 9.17) is 5.73 Å². The minimum Gasteiger partial charge on any atom is -0.366 e. The molecule has 0 bridgehead atoms. The molecule has 1 aromatic carbocycles. The van der Waals surface area contributed by atoms with Gasteiger partial charge in [0.25, 0.3) is 5.91 Å². The Kier molecular flexibility index (Phi) is 5.94. The van der Waals surface area contributed by atoms with Gasteiger partial charge in [0, 0.05) is 23.5 Å². The van der Waals surface area contributed by atoms with Gasteiger partial charge in [-0.3, -0.25) is 4.79 Å². The fourth-order valence-electron chi connectivity index (χ4n) is 3.61. The first-order valence-corrected chi connectivity index (χ1v) is 10.2. The van der Waals surface area contributed by atoms with Crippen molar-refractivity contribution < 1.29 is 4.79 Å². The highest BCUT2D eigenvalue weighted by Gasteiger charge is 2.24. The summed E-state index contributed by atoms with van der Waals surface area (Å²) < 4.78 is 2.32. The molecule has 3 nitrogen and oxygen atoms in total. The normalized spacial score (nSPS) is 11.0. The summed E-state index contributed by atoms with van der Waals surface area (Å²) in [5, 5.41) is 4.17. The molecule has 2 aromatic heterocycles. The summed E-state index contributed by atoms with van der Waals surface area (Å²) in [7, 11) is 0. The van der Waals surface area contributed by atoms with Crippen molar-refractivity contribution in [3.63, 3.8) is 0 Å². The Labute approximate surface area is 159 Å². The number of hydrogen-bond donors (Lipinski definition) is 1. The first-order chi connectivity index (χ1) is 12.6. The van der Waals surface area contributed by atoms with Crippen LogP contribution in [0.1, 0.15) is 47.1 Å². The van der Waals surface area contributed by atoms with E-state index >= 15 is 0 Å². The quantitative estimate of drug-likeness (QED) is 0.584. The maximum atomic E-state index is 12.3. The smallest absolute Gasteiger partial charge is 0.251 e. The average molecular weight is 367 g/mol. The van der Waals surface area contributed by atoms with E-state index in [0.29, 0.717) is 5.56 Å². The molecule has 1 amide bonds. The molecular formula is C22H26N2OS. The highest BCUT2D eigenvalue weighted by Crippen LogP contribution is 2.35. The summed E-state index contributed by atoms with van der Waals surface area (Å²) >= 11 is 1.65. The average Bonchev–Trinajstić information content (AvgIpc) is 3.25. The van der Waals surface area contributed by atoms with Gasteiger partial charge >= 0.3 is 0 Å². The number of nitrogens with two attached hydrogens (primary N) is 1. The van der Waals surface area contributed by atoms with Gasteiger partial charge in [0.2, 0.25) is 0 Å². The van der Waals surface area contributed by atoms with Crippen molar-refractivity contribution in [2.75, 3.05) is 0 Å². The number of primary amides is 1. The number of rotatable bonds is 8. The summed E-state index contributed by atoms with van der Waals surface area (Å²) in [6, 6.07) is 12.6. The van der Waals surface area contributed by atoms with Crippen LogP contribution in [0.15, 0.2) is 47.2 Å². The van der Waals surface area contributed by atoms with Gasteiger partial charge in [-0.05, 0) is 54.1 Å². The molecule has 2 N–H and O–H groups in total. The van der Waals surface area contributed by atoms with E-state index in [1.807, 2.05) is 13.0 Å². The number of aryl methyl sites for hydroxylation is 1. The van der Waals surface area contributed by atoms with Crippen LogP contribution in [-0.4, -0.2) is 10.5 Å². The summed E-state index contributed by atoms with van der Waals surface area (Å²) in [5.41, 5.74) is 12.2. The second-order valence-electron chi connectivity index (χ2n) is 6.65. The zero-order valence-corrected chi connectivity index (χ0v) is 16.3. The van der Waals surface area contributed by atoms with E-state index < -0.39 is 0 Å². The van der Waals surface area contributed by atoms with Crippen molar-refractivity contribution in [1.82, 2.24) is 4.57 Å². The van der Waals surface area contributed by atoms with Crippen LogP contribution in [0, 0.1) is 6.92 Å². The lowest BCUT2D eigenvalue weighted by molar-refractivity contribution is 0.1000. The lowest BCUT2D eigenvalue weighted by Crippen LogP contribution is -2.13. The largest absolute Gasteiger partial charge is 0.366 e. The van der Waals surface area contributed by atoms with Crippen LogP contribution in [0.2, 0.25) is 0 Å².